The number of nitrogens with zero attached hydrogens (tertiary/aromatic N) is 1. The molecule has 0 saturated carbocycles. The van der Waals surface area contributed by atoms with Gasteiger partial charge in [-0.05, 0) is 12.1 Å². The number of carbonyl (C=O) groups excluding carboxylic acids is 1. The van der Waals surface area contributed by atoms with Gasteiger partial charge in [0.05, 0.1) is 22.9 Å². The van der Waals surface area contributed by atoms with Gasteiger partial charge in [0.15, 0.2) is 0 Å². The lowest BCUT2D eigenvalue weighted by atomic mass is 10.2. The van der Waals surface area contributed by atoms with Crippen LogP contribution in [0.3, 0.4) is 0 Å². The second kappa shape index (κ2) is 4.24. The first-order valence-corrected chi connectivity index (χ1v) is 4.40. The number of rotatable bonds is 2. The van der Waals surface area contributed by atoms with Gasteiger partial charge in [0.25, 0.3) is 5.91 Å². The lowest BCUT2D eigenvalue weighted by Gasteiger charge is -2.00. The number of halogens is 1. The lowest BCUT2D eigenvalue weighted by molar-refractivity contribution is 0.0963. The van der Waals surface area contributed by atoms with Crippen LogP contribution < -0.4 is 8.85 Å². The quantitative estimate of drug-likeness (QED) is 0.631. The first-order valence-electron chi connectivity index (χ1n) is 3.32. The van der Waals surface area contributed by atoms with Crippen LogP contribution in [0.25, 0.3) is 0 Å². The molecule has 1 aromatic rings. The largest absolute Gasteiger partial charge is 0.355 e. The van der Waals surface area contributed by atoms with E-state index in [1.807, 2.05) is 22.9 Å². The summed E-state index contributed by atoms with van der Waals surface area (Å²) in [6, 6.07) is 3.35. The Hall–Kier alpha value is -0.850. The Labute approximate surface area is 84.3 Å². The topological polar surface area (TPSA) is 54.0 Å². The molecular weight excluding hydrogens is 269 g/mol. The molecular formula is C7H8IN3O. The number of hydrogen-bond donors (Lipinski definition) is 2. The Balaban J connectivity index is 2.93. The molecule has 0 aromatic carbocycles. The number of nitrogens with one attached hydrogen (secondary N) is 2. The molecule has 1 rings (SSSR count). The monoisotopic (exact) mass is 277 g/mol. The minimum absolute atomic E-state index is 0.106. The molecule has 0 spiro atoms. The average molecular weight is 277 g/mol. The van der Waals surface area contributed by atoms with Crippen LogP contribution in [-0.2, 0) is 0 Å². The van der Waals surface area contributed by atoms with Crippen molar-refractivity contribution >= 4 is 34.6 Å². The molecule has 0 fully saturated rings. The van der Waals surface area contributed by atoms with Gasteiger partial charge in [-0.25, -0.2) is 4.98 Å². The van der Waals surface area contributed by atoms with E-state index in [1.54, 1.807) is 25.4 Å². The van der Waals surface area contributed by atoms with Gasteiger partial charge in [-0.2, -0.15) is 0 Å². The molecule has 1 aromatic heterocycles. The Morgan fingerprint density at radius 3 is 3.00 bits per heavy atom. The molecule has 1 heterocycles. The van der Waals surface area contributed by atoms with E-state index in [0.717, 1.165) is 0 Å². The molecule has 0 aliphatic carbocycles. The van der Waals surface area contributed by atoms with E-state index in [4.69, 9.17) is 0 Å². The van der Waals surface area contributed by atoms with E-state index < -0.39 is 0 Å². The number of amides is 1. The van der Waals surface area contributed by atoms with Crippen LogP contribution in [0.5, 0.6) is 0 Å². The van der Waals surface area contributed by atoms with Crippen LogP contribution in [-0.4, -0.2) is 17.9 Å². The normalized spacial score (nSPS) is 9.17. The highest BCUT2D eigenvalue weighted by Crippen LogP contribution is 2.07. The average Bonchev–Trinajstić information content (AvgIpc) is 2.17. The zero-order valence-electron chi connectivity index (χ0n) is 6.47. The Morgan fingerprint density at radius 1 is 1.67 bits per heavy atom. The minimum atomic E-state index is -0.106. The van der Waals surface area contributed by atoms with Crippen molar-refractivity contribution in [3.8, 4) is 0 Å². The van der Waals surface area contributed by atoms with Crippen molar-refractivity contribution in [3.63, 3.8) is 0 Å². The van der Waals surface area contributed by atoms with Crippen molar-refractivity contribution < 1.29 is 4.79 Å². The second-order valence-corrected chi connectivity index (χ2v) is 2.64. The van der Waals surface area contributed by atoms with E-state index in [2.05, 4.69) is 13.8 Å². The molecule has 1 amide bonds. The summed E-state index contributed by atoms with van der Waals surface area (Å²) in [5.41, 5.74) is 0.603. The summed E-state index contributed by atoms with van der Waals surface area (Å²) in [7, 11) is 1.60. The van der Waals surface area contributed by atoms with Gasteiger partial charge in [0.2, 0.25) is 0 Å². The number of hydrogen-bond acceptors (Lipinski definition) is 3. The highest BCUT2D eigenvalue weighted by atomic mass is 127. The van der Waals surface area contributed by atoms with Gasteiger partial charge in [0.1, 0.15) is 5.82 Å². The number of aromatic nitrogens is 1. The van der Waals surface area contributed by atoms with Crippen LogP contribution >= 0.6 is 22.9 Å². The van der Waals surface area contributed by atoms with Crippen LogP contribution in [0, 0.1) is 0 Å². The van der Waals surface area contributed by atoms with Gasteiger partial charge < -0.3 is 8.85 Å². The third kappa shape index (κ3) is 2.07. The molecule has 64 valence electrons. The van der Waals surface area contributed by atoms with Gasteiger partial charge in [-0.15, -0.1) is 0 Å². The van der Waals surface area contributed by atoms with Crippen LogP contribution in [0.15, 0.2) is 18.3 Å². The van der Waals surface area contributed by atoms with Crippen molar-refractivity contribution in [3.05, 3.63) is 23.9 Å². The molecule has 0 bridgehead atoms. The molecule has 0 aliphatic rings. The van der Waals surface area contributed by atoms with Gasteiger partial charge in [0, 0.05) is 18.8 Å². The smallest absolute Gasteiger partial charge is 0.251 e. The summed E-state index contributed by atoms with van der Waals surface area (Å²) in [5.74, 6) is 0.571. The van der Waals surface area contributed by atoms with Crippen molar-refractivity contribution in [2.45, 2.75) is 0 Å². The third-order valence-electron chi connectivity index (χ3n) is 1.35. The molecule has 0 aliphatic heterocycles. The summed E-state index contributed by atoms with van der Waals surface area (Å²) >= 11 is 1.96. The number of anilines is 1. The Morgan fingerprint density at radius 2 is 2.42 bits per heavy atom. The van der Waals surface area contributed by atoms with Crippen molar-refractivity contribution in [1.29, 1.82) is 0 Å². The van der Waals surface area contributed by atoms with E-state index in [9.17, 15) is 4.79 Å². The van der Waals surface area contributed by atoms with Crippen LogP contribution in [0.4, 0.5) is 5.82 Å². The standard InChI is InChI=1S/C7H8IN3O/c1-9-7(12)5-2-3-10-6(4-5)11-8/h2-4H,1H3,(H,9,12)(H,10,11). The first kappa shape index (κ1) is 9.24. The van der Waals surface area contributed by atoms with E-state index in [-0.39, 0.29) is 5.91 Å². The second-order valence-electron chi connectivity index (χ2n) is 2.10. The van der Waals surface area contributed by atoms with Crippen molar-refractivity contribution in [2.75, 3.05) is 10.6 Å². The summed E-state index contributed by atoms with van der Waals surface area (Å²) < 4.78 is 2.83. The minimum Gasteiger partial charge on any atom is -0.355 e. The van der Waals surface area contributed by atoms with Gasteiger partial charge in [-0.3, -0.25) is 4.79 Å². The van der Waals surface area contributed by atoms with E-state index in [1.165, 1.54) is 0 Å². The fraction of sp³-hybridized carbons (Fsp3) is 0.143. The molecule has 12 heavy (non-hydrogen) atoms. The third-order valence-corrected chi connectivity index (χ3v) is 1.90. The molecule has 4 nitrogen and oxygen atoms in total. The van der Waals surface area contributed by atoms with Crippen molar-refractivity contribution in [2.24, 2.45) is 0 Å². The van der Waals surface area contributed by atoms with Crippen molar-refractivity contribution in [1.82, 2.24) is 10.3 Å². The highest BCUT2D eigenvalue weighted by Gasteiger charge is 2.02. The Kier molecular flexibility index (Phi) is 3.27. The van der Waals surface area contributed by atoms with Gasteiger partial charge >= 0.3 is 0 Å². The van der Waals surface area contributed by atoms with Crippen LogP contribution in [0.2, 0.25) is 0 Å². The summed E-state index contributed by atoms with van der Waals surface area (Å²) in [4.78, 5) is 15.1. The molecule has 0 atom stereocenters. The highest BCUT2D eigenvalue weighted by molar-refractivity contribution is 14.1. The lowest BCUT2D eigenvalue weighted by Crippen LogP contribution is -2.17. The summed E-state index contributed by atoms with van der Waals surface area (Å²) in [6.45, 7) is 0. The molecule has 2 N–H and O–H groups in total. The maximum atomic E-state index is 11.1. The molecule has 0 unspecified atom stereocenters. The van der Waals surface area contributed by atoms with E-state index >= 15 is 0 Å². The molecule has 5 heteroatoms. The SMILES string of the molecule is CNC(=O)c1ccnc(NI)c1. The summed E-state index contributed by atoms with van der Waals surface area (Å²) in [5, 5.41) is 2.54. The predicted molar refractivity (Wildman–Crippen MR) is 55.3 cm³/mol. The molecule has 0 saturated heterocycles. The van der Waals surface area contributed by atoms with Crippen LogP contribution in [0.1, 0.15) is 10.4 Å². The first-order chi connectivity index (χ1) is 5.77. The fourth-order valence-corrected chi connectivity index (χ4v) is 1.06. The number of pyridine rings is 1. The van der Waals surface area contributed by atoms with E-state index in [0.29, 0.717) is 11.4 Å². The zero-order chi connectivity index (χ0) is 8.97. The number of carbonyl (C=O) groups is 1. The zero-order valence-corrected chi connectivity index (χ0v) is 8.62. The van der Waals surface area contributed by atoms with Gasteiger partial charge in [-0.1, -0.05) is 0 Å². The fourth-order valence-electron chi connectivity index (χ4n) is 0.768. The maximum absolute atomic E-state index is 11.1. The Bertz CT molecular complexity index is 290. The molecule has 0 radical (unpaired) electrons. The maximum Gasteiger partial charge on any atom is 0.251 e. The summed E-state index contributed by atoms with van der Waals surface area (Å²) in [6.07, 6.45) is 1.59. The predicted octanol–water partition coefficient (Wildman–Crippen LogP) is 1.20.